The van der Waals surface area contributed by atoms with Crippen molar-refractivity contribution in [2.45, 2.75) is 26.4 Å². The quantitative estimate of drug-likeness (QED) is 0.0746. The summed E-state index contributed by atoms with van der Waals surface area (Å²) in [7, 11) is 0. The zero-order valence-corrected chi connectivity index (χ0v) is 30.1. The highest BCUT2D eigenvalue weighted by atomic mass is 16.6. The summed E-state index contributed by atoms with van der Waals surface area (Å²) in [4.78, 5) is 0. The lowest BCUT2D eigenvalue weighted by molar-refractivity contribution is -0.0257. The maximum atomic E-state index is 5.82. The molecule has 0 radical (unpaired) electrons. The topological polar surface area (TPSA) is 102 Å². The van der Waals surface area contributed by atoms with Gasteiger partial charge in [0.2, 0.25) is 0 Å². The van der Waals surface area contributed by atoms with E-state index in [1.807, 2.05) is 60.7 Å². The minimum atomic E-state index is 0.507. The van der Waals surface area contributed by atoms with Gasteiger partial charge in [-0.3, -0.25) is 0 Å². The lowest BCUT2D eigenvalue weighted by Crippen LogP contribution is -2.15. The fourth-order valence-electron chi connectivity index (χ4n) is 4.51. The van der Waals surface area contributed by atoms with Gasteiger partial charge in [0, 0.05) is 0 Å². The van der Waals surface area contributed by atoms with Gasteiger partial charge < -0.3 is 52.1 Å². The molecule has 0 aliphatic carbocycles. The maximum Gasteiger partial charge on any atom is 0.0721 e. The van der Waals surface area contributed by atoms with E-state index >= 15 is 0 Å². The van der Waals surface area contributed by atoms with Gasteiger partial charge in [-0.15, -0.1) is 0 Å². The maximum absolute atomic E-state index is 5.82. The lowest BCUT2D eigenvalue weighted by atomic mass is 10.1. The molecule has 11 nitrogen and oxygen atoms in total. The monoisotopic (exact) mass is 714 g/mol. The summed E-state index contributed by atoms with van der Waals surface area (Å²) in [6.45, 7) is 11.6. The Kier molecular flexibility index (Phi) is 26.7. The highest BCUT2D eigenvalue weighted by molar-refractivity contribution is 5.25. The number of ether oxygens (including phenoxy) is 11. The van der Waals surface area contributed by atoms with Crippen LogP contribution in [0.1, 0.15) is 22.3 Å². The largest absolute Gasteiger partial charge is 0.377 e. The zero-order valence-electron chi connectivity index (χ0n) is 30.1. The standard InChI is InChI=1S/C40H58O11/c1-3-9-37(10-4-1)33-48-29-27-46-25-23-44-21-19-42-17-15-41-16-18-43-20-22-45-24-26-47-28-30-50-35-39-13-7-8-14-40(39)36-51-32-31-49-34-38-11-5-2-6-12-38/h1-14H,15-36H2. The second-order valence-corrected chi connectivity index (χ2v) is 11.2. The van der Waals surface area contributed by atoms with E-state index in [0.717, 1.165) is 22.3 Å². The molecular weight excluding hydrogens is 656 g/mol. The van der Waals surface area contributed by atoms with Gasteiger partial charge in [-0.2, -0.15) is 0 Å². The first-order valence-corrected chi connectivity index (χ1v) is 17.9. The summed E-state index contributed by atoms with van der Waals surface area (Å²) in [6.07, 6.45) is 0. The average Bonchev–Trinajstić information content (AvgIpc) is 3.17. The van der Waals surface area contributed by atoms with Gasteiger partial charge in [0.15, 0.2) is 0 Å². The molecule has 0 spiro atoms. The molecule has 0 unspecified atom stereocenters. The molecule has 0 fully saturated rings. The van der Waals surface area contributed by atoms with Crippen molar-refractivity contribution < 1.29 is 52.1 Å². The Morgan fingerprint density at radius 1 is 0.216 bits per heavy atom. The Labute approximate surface area is 304 Å². The van der Waals surface area contributed by atoms with E-state index in [0.29, 0.717) is 145 Å². The van der Waals surface area contributed by atoms with Crippen molar-refractivity contribution in [1.29, 1.82) is 0 Å². The molecule has 0 N–H and O–H groups in total. The van der Waals surface area contributed by atoms with Gasteiger partial charge in [-0.25, -0.2) is 0 Å². The first-order valence-electron chi connectivity index (χ1n) is 17.9. The molecular formula is C40H58O11. The molecule has 11 heteroatoms. The van der Waals surface area contributed by atoms with E-state index in [-0.39, 0.29) is 0 Å². The van der Waals surface area contributed by atoms with Crippen LogP contribution in [0, 0.1) is 0 Å². The van der Waals surface area contributed by atoms with Crippen LogP contribution in [0.4, 0.5) is 0 Å². The fraction of sp³-hybridized carbons (Fsp3) is 0.550. The molecule has 3 rings (SSSR count). The van der Waals surface area contributed by atoms with Crippen molar-refractivity contribution >= 4 is 0 Å². The Morgan fingerprint density at radius 2 is 0.431 bits per heavy atom. The number of rotatable bonds is 35. The van der Waals surface area contributed by atoms with Gasteiger partial charge in [-0.1, -0.05) is 84.9 Å². The molecule has 0 saturated heterocycles. The molecule has 0 aliphatic heterocycles. The van der Waals surface area contributed by atoms with Crippen LogP contribution in [-0.2, 0) is 78.5 Å². The van der Waals surface area contributed by atoms with Crippen LogP contribution in [0.2, 0.25) is 0 Å². The van der Waals surface area contributed by atoms with E-state index < -0.39 is 0 Å². The fourth-order valence-corrected chi connectivity index (χ4v) is 4.51. The molecule has 0 heterocycles. The van der Waals surface area contributed by atoms with Crippen molar-refractivity contribution in [3.63, 3.8) is 0 Å². The number of benzene rings is 3. The Morgan fingerprint density at radius 3 is 0.706 bits per heavy atom. The van der Waals surface area contributed by atoms with Crippen molar-refractivity contribution in [2.24, 2.45) is 0 Å². The number of hydrogen-bond acceptors (Lipinski definition) is 11. The number of hydrogen-bond donors (Lipinski definition) is 0. The van der Waals surface area contributed by atoms with E-state index in [1.165, 1.54) is 0 Å². The molecule has 0 aromatic heterocycles. The van der Waals surface area contributed by atoms with Crippen LogP contribution in [0.15, 0.2) is 84.9 Å². The van der Waals surface area contributed by atoms with Crippen LogP contribution in [0.5, 0.6) is 0 Å². The molecule has 3 aromatic rings. The average molecular weight is 715 g/mol. The molecule has 3 aromatic carbocycles. The van der Waals surface area contributed by atoms with Crippen molar-refractivity contribution in [1.82, 2.24) is 0 Å². The van der Waals surface area contributed by atoms with Crippen molar-refractivity contribution in [3.05, 3.63) is 107 Å². The van der Waals surface area contributed by atoms with Crippen molar-refractivity contribution in [2.75, 3.05) is 119 Å². The second kappa shape index (κ2) is 31.9. The smallest absolute Gasteiger partial charge is 0.0721 e. The molecule has 0 aliphatic rings. The Balaban J connectivity index is 0.972. The van der Waals surface area contributed by atoms with Gasteiger partial charge >= 0.3 is 0 Å². The van der Waals surface area contributed by atoms with Crippen LogP contribution in [0.3, 0.4) is 0 Å². The van der Waals surface area contributed by atoms with Gasteiger partial charge in [-0.05, 0) is 22.3 Å². The lowest BCUT2D eigenvalue weighted by Gasteiger charge is -2.11. The summed E-state index contributed by atoms with van der Waals surface area (Å²) in [5.41, 5.74) is 4.55. The third kappa shape index (κ3) is 24.2. The molecule has 0 atom stereocenters. The highest BCUT2D eigenvalue weighted by Gasteiger charge is 2.03. The van der Waals surface area contributed by atoms with Gasteiger partial charge in [0.05, 0.1) is 145 Å². The molecule has 0 amide bonds. The first kappa shape index (κ1) is 42.6. The third-order valence-electron chi connectivity index (χ3n) is 7.20. The van der Waals surface area contributed by atoms with Crippen molar-refractivity contribution in [3.8, 4) is 0 Å². The summed E-state index contributed by atoms with van der Waals surface area (Å²) in [5.74, 6) is 0. The minimum absolute atomic E-state index is 0.507. The predicted octanol–water partition coefficient (Wildman–Crippen LogP) is 5.27. The van der Waals surface area contributed by atoms with Crippen LogP contribution in [-0.4, -0.2) is 119 Å². The first-order chi connectivity index (χ1) is 25.4. The summed E-state index contributed by atoms with van der Waals surface area (Å²) in [6, 6.07) is 28.4. The minimum Gasteiger partial charge on any atom is -0.377 e. The normalized spacial score (nSPS) is 11.4. The van der Waals surface area contributed by atoms with Crippen LogP contribution >= 0.6 is 0 Å². The van der Waals surface area contributed by atoms with E-state index in [9.17, 15) is 0 Å². The van der Waals surface area contributed by atoms with E-state index in [1.54, 1.807) is 0 Å². The van der Waals surface area contributed by atoms with Gasteiger partial charge in [0.1, 0.15) is 0 Å². The summed E-state index contributed by atoms with van der Waals surface area (Å²) < 4.78 is 61.6. The molecule has 284 valence electrons. The van der Waals surface area contributed by atoms with Crippen LogP contribution in [0.25, 0.3) is 0 Å². The molecule has 0 saturated carbocycles. The third-order valence-corrected chi connectivity index (χ3v) is 7.20. The predicted molar refractivity (Wildman–Crippen MR) is 194 cm³/mol. The highest BCUT2D eigenvalue weighted by Crippen LogP contribution is 2.12. The van der Waals surface area contributed by atoms with Crippen LogP contribution < -0.4 is 0 Å². The zero-order chi connectivity index (χ0) is 35.5. The van der Waals surface area contributed by atoms with E-state index in [4.69, 9.17) is 52.1 Å². The summed E-state index contributed by atoms with van der Waals surface area (Å²) in [5, 5.41) is 0. The Bertz CT molecular complexity index is 1170. The molecule has 0 bridgehead atoms. The summed E-state index contributed by atoms with van der Waals surface area (Å²) >= 11 is 0. The van der Waals surface area contributed by atoms with Gasteiger partial charge in [0.25, 0.3) is 0 Å². The second-order valence-electron chi connectivity index (χ2n) is 11.2. The SMILES string of the molecule is c1ccc(COCCOCCOCCOCCOCCOCCOCCOCCOCc2ccccc2COCCOCc2ccccc2)cc1. The Hall–Kier alpha value is -2.78. The molecule has 51 heavy (non-hydrogen) atoms. The van der Waals surface area contributed by atoms with E-state index in [2.05, 4.69) is 24.3 Å².